The van der Waals surface area contributed by atoms with Gasteiger partial charge in [0.2, 0.25) is 0 Å². The lowest BCUT2D eigenvalue weighted by Crippen LogP contribution is -2.62. The smallest absolute Gasteiger partial charge is 0.341 e. The lowest BCUT2D eigenvalue weighted by atomic mass is 9.45. The van der Waals surface area contributed by atoms with Gasteiger partial charge in [-0.3, -0.25) is 19.6 Å². The highest BCUT2D eigenvalue weighted by Gasteiger charge is 2.60. The van der Waals surface area contributed by atoms with E-state index < -0.39 is 41.0 Å². The van der Waals surface area contributed by atoms with Crippen molar-refractivity contribution in [3.8, 4) is 0 Å². The number of esters is 1. The quantitative estimate of drug-likeness (QED) is 0.144. The molecule has 0 bridgehead atoms. The molecular weight excluding hydrogens is 711 g/mol. The van der Waals surface area contributed by atoms with Crippen molar-refractivity contribution in [2.45, 2.75) is 96.5 Å². The van der Waals surface area contributed by atoms with Crippen LogP contribution in [0, 0.1) is 22.7 Å². The second-order valence-corrected chi connectivity index (χ2v) is 16.7. The lowest BCUT2D eigenvalue weighted by Gasteiger charge is -2.62. The Morgan fingerprint density at radius 2 is 1.66 bits per heavy atom. The number of carbonyl (C=O) groups is 3. The molecule has 1 aromatic rings. The summed E-state index contributed by atoms with van der Waals surface area (Å²) in [4.78, 5) is 59.9. The Hall–Kier alpha value is -4.43. The summed E-state index contributed by atoms with van der Waals surface area (Å²) in [7, 11) is 3.94. The Labute approximate surface area is 329 Å². The number of benzene rings is 1. The number of nitrogens with one attached hydrogen (secondary N) is 2. The van der Waals surface area contributed by atoms with Crippen LogP contribution in [0.15, 0.2) is 73.8 Å². The van der Waals surface area contributed by atoms with Gasteiger partial charge in [-0.05, 0) is 86.6 Å². The summed E-state index contributed by atoms with van der Waals surface area (Å²) in [6.07, 6.45) is 8.46. The third-order valence-corrected chi connectivity index (χ3v) is 12.8. The molecular formula is C43H57N7O6. The fourth-order valence-corrected chi connectivity index (χ4v) is 9.31. The first kappa shape index (κ1) is 41.2. The van der Waals surface area contributed by atoms with E-state index in [-0.39, 0.29) is 48.9 Å². The van der Waals surface area contributed by atoms with Gasteiger partial charge in [0.25, 0.3) is 0 Å². The molecule has 13 nitrogen and oxygen atoms in total. The van der Waals surface area contributed by atoms with Gasteiger partial charge in [-0.2, -0.15) is 0 Å². The molecule has 9 atom stereocenters. The molecule has 4 N–H and O–H groups in total. The van der Waals surface area contributed by atoms with Gasteiger partial charge in [0.15, 0.2) is 11.6 Å². The van der Waals surface area contributed by atoms with Gasteiger partial charge in [-0.15, -0.1) is 0 Å². The minimum absolute atomic E-state index is 0.0494. The second kappa shape index (κ2) is 17.0. The number of aliphatic hydroxyl groups excluding tert-OH is 2. The van der Waals surface area contributed by atoms with E-state index in [1.54, 1.807) is 25.4 Å². The Bertz CT molecular complexity index is 1900. The number of rotatable bonds is 16. The SMILES string of the molecule is C=C1C(NC(C)C(=O)CC2=NCC=N2)CC2[C@](C)(CC[C@@H](O)[C@@]2(C)CO)C1CC(NC(C)C(=O)CC1=NCC=N1)C1=C/C(=C\c2ccc(N(C)C)cc2)OC1=O. The summed E-state index contributed by atoms with van der Waals surface area (Å²) < 4.78 is 5.85. The molecule has 56 heavy (non-hydrogen) atoms. The second-order valence-electron chi connectivity index (χ2n) is 16.7. The third kappa shape index (κ3) is 8.61. The zero-order valence-corrected chi connectivity index (χ0v) is 33.5. The summed E-state index contributed by atoms with van der Waals surface area (Å²) in [5.74, 6) is 0.294. The first-order chi connectivity index (χ1) is 26.6. The highest BCUT2D eigenvalue weighted by Crippen LogP contribution is 2.62. The van der Waals surface area contributed by atoms with E-state index in [9.17, 15) is 24.6 Å². The van der Waals surface area contributed by atoms with Crippen LogP contribution in [-0.4, -0.2) is 116 Å². The number of anilines is 1. The maximum atomic E-state index is 13.8. The fraction of sp³-hybridized carbons (Fsp3) is 0.558. The Morgan fingerprint density at radius 3 is 2.23 bits per heavy atom. The number of nitrogens with zero attached hydrogens (tertiary/aromatic N) is 5. The predicted octanol–water partition coefficient (Wildman–Crippen LogP) is 3.90. The van der Waals surface area contributed by atoms with Crippen LogP contribution in [-0.2, 0) is 19.1 Å². The molecule has 6 unspecified atom stereocenters. The van der Waals surface area contributed by atoms with Gasteiger partial charge in [-0.1, -0.05) is 38.1 Å². The number of fused-ring (bicyclic) bond motifs is 1. The van der Waals surface area contributed by atoms with Crippen LogP contribution in [0.25, 0.3) is 6.08 Å². The first-order valence-corrected chi connectivity index (χ1v) is 19.7. The third-order valence-electron chi connectivity index (χ3n) is 12.8. The molecule has 5 aliphatic rings. The Kier molecular flexibility index (Phi) is 12.5. The monoisotopic (exact) mass is 767 g/mol. The fourth-order valence-electron chi connectivity index (χ4n) is 9.31. The van der Waals surface area contributed by atoms with Crippen molar-refractivity contribution >= 4 is 53.4 Å². The molecule has 300 valence electrons. The Balaban J connectivity index is 1.34. The van der Waals surface area contributed by atoms with Crippen molar-refractivity contribution in [3.05, 3.63) is 59.4 Å². The zero-order chi connectivity index (χ0) is 40.4. The van der Waals surface area contributed by atoms with Crippen molar-refractivity contribution in [1.82, 2.24) is 10.6 Å². The topological polar surface area (TPSA) is 178 Å². The number of aliphatic hydroxyl groups is 2. The molecule has 2 fully saturated rings. The van der Waals surface area contributed by atoms with Crippen LogP contribution in [0.5, 0.6) is 0 Å². The molecule has 2 aliphatic carbocycles. The molecule has 0 spiro atoms. The molecule has 0 saturated heterocycles. The van der Waals surface area contributed by atoms with Crippen LogP contribution in [0.2, 0.25) is 0 Å². The van der Waals surface area contributed by atoms with Crippen molar-refractivity contribution < 1.29 is 29.3 Å². The van der Waals surface area contributed by atoms with E-state index in [0.29, 0.717) is 61.8 Å². The van der Waals surface area contributed by atoms with Crippen LogP contribution in [0.1, 0.15) is 71.8 Å². The normalized spacial score (nSPS) is 30.7. The van der Waals surface area contributed by atoms with Crippen molar-refractivity contribution in [1.29, 1.82) is 0 Å². The van der Waals surface area contributed by atoms with Crippen LogP contribution in [0.4, 0.5) is 5.69 Å². The maximum absolute atomic E-state index is 13.8. The van der Waals surface area contributed by atoms with Gasteiger partial charge in [-0.25, -0.2) is 14.8 Å². The largest absolute Gasteiger partial charge is 0.423 e. The number of hydrogen-bond donors (Lipinski definition) is 4. The molecule has 6 rings (SSSR count). The Morgan fingerprint density at radius 1 is 1.04 bits per heavy atom. The summed E-state index contributed by atoms with van der Waals surface area (Å²) in [6, 6.07) is 5.72. The molecule has 0 amide bonds. The van der Waals surface area contributed by atoms with Gasteiger partial charge in [0, 0.05) is 49.7 Å². The number of carbonyl (C=O) groups excluding carboxylic acids is 3. The summed E-state index contributed by atoms with van der Waals surface area (Å²) in [6.45, 7) is 13.1. The molecule has 3 heterocycles. The van der Waals surface area contributed by atoms with Crippen molar-refractivity contribution in [3.63, 3.8) is 0 Å². The van der Waals surface area contributed by atoms with Crippen LogP contribution in [0.3, 0.4) is 0 Å². The van der Waals surface area contributed by atoms with E-state index in [1.807, 2.05) is 63.2 Å². The standard InChI is InChI=1S/C43H57N7O6/c1-25-32(42(4)13-12-38(54)43(5,24-51)37(42)21-33(25)48-26(2)35(52)22-39-44-14-15-45-39)20-34(49-27(3)36(53)23-40-46-16-17-47-40)31-19-30(56-41(31)55)18-28-8-10-29(11-9-28)50(6)7/h8-11,14,16,18-19,26-27,32-34,37-38,48-49,51,54H,1,12-13,15,17,20-24H2,2-7H3/b30-18+/t26?,27?,32?,33?,34?,37?,38-,42-,43+/m1/s1. The van der Waals surface area contributed by atoms with Crippen LogP contribution >= 0.6 is 0 Å². The van der Waals surface area contributed by atoms with E-state index in [2.05, 4.69) is 44.1 Å². The van der Waals surface area contributed by atoms with E-state index in [4.69, 9.17) is 4.74 Å². The highest BCUT2D eigenvalue weighted by atomic mass is 16.5. The number of allylic oxidation sites excluding steroid dienone is 1. The van der Waals surface area contributed by atoms with E-state index in [0.717, 1.165) is 16.8 Å². The molecule has 0 radical (unpaired) electrons. The first-order valence-electron chi connectivity index (χ1n) is 19.7. The molecule has 3 aliphatic heterocycles. The molecule has 2 saturated carbocycles. The van der Waals surface area contributed by atoms with Crippen molar-refractivity contribution in [2.75, 3.05) is 38.7 Å². The molecule has 1 aromatic carbocycles. The summed E-state index contributed by atoms with van der Waals surface area (Å²) >= 11 is 0. The van der Waals surface area contributed by atoms with Gasteiger partial charge >= 0.3 is 5.97 Å². The number of amidine groups is 2. The number of Topliss-reactive ketones (excluding diaryl/α,β-unsaturated/α-hetero) is 2. The lowest BCUT2D eigenvalue weighted by molar-refractivity contribution is -0.156. The number of aliphatic imine (C=N–C) groups is 4. The zero-order valence-electron chi connectivity index (χ0n) is 33.5. The minimum Gasteiger partial charge on any atom is -0.423 e. The molecule has 13 heteroatoms. The predicted molar refractivity (Wildman–Crippen MR) is 220 cm³/mol. The summed E-state index contributed by atoms with van der Waals surface area (Å²) in [5.41, 5.74) is 1.89. The van der Waals surface area contributed by atoms with Crippen LogP contribution < -0.4 is 15.5 Å². The average Bonchev–Trinajstić information content (AvgIpc) is 3.96. The number of hydrogen-bond acceptors (Lipinski definition) is 13. The molecule has 0 aromatic heterocycles. The average molecular weight is 768 g/mol. The van der Waals surface area contributed by atoms with Gasteiger partial charge in [0.05, 0.1) is 56.3 Å². The minimum atomic E-state index is -0.829. The number of ketones is 2. The van der Waals surface area contributed by atoms with E-state index >= 15 is 0 Å². The summed E-state index contributed by atoms with van der Waals surface area (Å²) in [5, 5.41) is 29.3. The highest BCUT2D eigenvalue weighted by molar-refractivity contribution is 6.08. The van der Waals surface area contributed by atoms with E-state index in [1.165, 1.54) is 0 Å². The van der Waals surface area contributed by atoms with Crippen molar-refractivity contribution in [2.24, 2.45) is 42.6 Å². The number of ether oxygens (including phenoxy) is 1. The maximum Gasteiger partial charge on any atom is 0.341 e. The number of cyclic esters (lactones) is 1. The van der Waals surface area contributed by atoms with Gasteiger partial charge < -0.3 is 30.5 Å². The van der Waals surface area contributed by atoms with Gasteiger partial charge in [0.1, 0.15) is 17.4 Å².